The molecule has 0 unspecified atom stereocenters. The molecule has 3 rings (SSSR count). The summed E-state index contributed by atoms with van der Waals surface area (Å²) in [5.41, 5.74) is 8.84. The van der Waals surface area contributed by atoms with Gasteiger partial charge in [0.25, 0.3) is 0 Å². The van der Waals surface area contributed by atoms with Crippen molar-refractivity contribution in [3.05, 3.63) is 52.3 Å². The Bertz CT molecular complexity index is 835. The molecular formula is C15H12BrFN4. The molecule has 0 spiro atoms. The van der Waals surface area contributed by atoms with Gasteiger partial charge in [0.1, 0.15) is 5.82 Å². The third-order valence-electron chi connectivity index (χ3n) is 3.12. The molecule has 0 aliphatic rings. The number of aryl methyl sites for hydroxylation is 1. The van der Waals surface area contributed by atoms with Gasteiger partial charge in [-0.25, -0.2) is 14.4 Å². The largest absolute Gasteiger partial charge is 0.381 e. The van der Waals surface area contributed by atoms with Crippen LogP contribution in [0, 0.1) is 12.7 Å². The molecule has 3 aromatic rings. The van der Waals surface area contributed by atoms with Crippen molar-refractivity contribution in [2.45, 2.75) is 6.92 Å². The van der Waals surface area contributed by atoms with Crippen LogP contribution in [0.5, 0.6) is 0 Å². The van der Waals surface area contributed by atoms with E-state index in [0.717, 1.165) is 16.6 Å². The molecule has 0 saturated heterocycles. The van der Waals surface area contributed by atoms with Gasteiger partial charge < -0.3 is 11.1 Å². The molecule has 0 bridgehead atoms. The zero-order valence-electron chi connectivity index (χ0n) is 11.2. The first kappa shape index (κ1) is 13.8. The first-order valence-electron chi connectivity index (χ1n) is 6.29. The van der Waals surface area contributed by atoms with Gasteiger partial charge in [0.05, 0.1) is 15.5 Å². The topological polar surface area (TPSA) is 63.8 Å². The van der Waals surface area contributed by atoms with Crippen molar-refractivity contribution in [1.29, 1.82) is 0 Å². The SMILES string of the molecule is Cc1cc(Br)c(F)cc1Nc1nc2ccccc2nc1N. The van der Waals surface area contributed by atoms with Gasteiger partial charge in [-0.2, -0.15) is 0 Å². The number of fused-ring (bicyclic) bond motifs is 1. The molecule has 2 aromatic carbocycles. The average molecular weight is 347 g/mol. The summed E-state index contributed by atoms with van der Waals surface area (Å²) in [5.74, 6) is 0.338. The van der Waals surface area contributed by atoms with Crippen LogP contribution in [-0.4, -0.2) is 9.97 Å². The number of nitrogen functional groups attached to an aromatic ring is 1. The summed E-state index contributed by atoms with van der Waals surface area (Å²) < 4.78 is 14.1. The minimum Gasteiger partial charge on any atom is -0.381 e. The highest BCUT2D eigenvalue weighted by molar-refractivity contribution is 9.10. The van der Waals surface area contributed by atoms with E-state index in [4.69, 9.17) is 5.73 Å². The maximum Gasteiger partial charge on any atom is 0.174 e. The lowest BCUT2D eigenvalue weighted by Gasteiger charge is -2.12. The van der Waals surface area contributed by atoms with E-state index in [2.05, 4.69) is 31.2 Å². The molecule has 106 valence electrons. The molecule has 0 aliphatic carbocycles. The molecule has 4 nitrogen and oxygen atoms in total. The molecule has 1 heterocycles. The number of nitrogens with two attached hydrogens (primary N) is 1. The van der Waals surface area contributed by atoms with Crippen molar-refractivity contribution in [2.75, 3.05) is 11.1 Å². The monoisotopic (exact) mass is 346 g/mol. The molecule has 0 radical (unpaired) electrons. The van der Waals surface area contributed by atoms with Crippen LogP contribution in [0.25, 0.3) is 11.0 Å². The second-order valence-corrected chi connectivity index (χ2v) is 5.51. The van der Waals surface area contributed by atoms with Crippen molar-refractivity contribution in [1.82, 2.24) is 9.97 Å². The van der Waals surface area contributed by atoms with Crippen LogP contribution in [-0.2, 0) is 0 Å². The predicted octanol–water partition coefficient (Wildman–Crippen LogP) is 4.17. The Morgan fingerprint density at radius 3 is 2.52 bits per heavy atom. The number of hydrogen-bond acceptors (Lipinski definition) is 4. The normalized spacial score (nSPS) is 10.8. The molecule has 6 heteroatoms. The number of hydrogen-bond donors (Lipinski definition) is 2. The van der Waals surface area contributed by atoms with Gasteiger partial charge >= 0.3 is 0 Å². The summed E-state index contributed by atoms with van der Waals surface area (Å²) in [6, 6.07) is 10.5. The number of para-hydroxylation sites is 2. The Hall–Kier alpha value is -2.21. The Kier molecular flexibility index (Phi) is 3.47. The number of rotatable bonds is 2. The van der Waals surface area contributed by atoms with Crippen molar-refractivity contribution in [2.24, 2.45) is 0 Å². The molecule has 0 saturated carbocycles. The molecule has 1 aromatic heterocycles. The van der Waals surface area contributed by atoms with Gasteiger partial charge in [-0.1, -0.05) is 12.1 Å². The van der Waals surface area contributed by atoms with Crippen molar-refractivity contribution >= 4 is 44.3 Å². The highest BCUT2D eigenvalue weighted by atomic mass is 79.9. The molecule has 0 amide bonds. The summed E-state index contributed by atoms with van der Waals surface area (Å²) >= 11 is 3.16. The quantitative estimate of drug-likeness (QED) is 0.731. The maximum atomic E-state index is 13.7. The average Bonchev–Trinajstić information content (AvgIpc) is 2.45. The van der Waals surface area contributed by atoms with Crippen LogP contribution in [0.15, 0.2) is 40.9 Å². The lowest BCUT2D eigenvalue weighted by molar-refractivity contribution is 0.621. The van der Waals surface area contributed by atoms with Gasteiger partial charge in [0.15, 0.2) is 11.6 Å². The third kappa shape index (κ3) is 2.67. The van der Waals surface area contributed by atoms with E-state index >= 15 is 0 Å². The lowest BCUT2D eigenvalue weighted by atomic mass is 10.2. The van der Waals surface area contributed by atoms with Crippen LogP contribution < -0.4 is 11.1 Å². The Balaban J connectivity index is 2.05. The van der Waals surface area contributed by atoms with Gasteiger partial charge in [-0.15, -0.1) is 0 Å². The van der Waals surface area contributed by atoms with E-state index in [1.165, 1.54) is 6.07 Å². The number of halogens is 2. The van der Waals surface area contributed by atoms with Gasteiger partial charge in [-0.3, -0.25) is 0 Å². The van der Waals surface area contributed by atoms with Crippen molar-refractivity contribution in [3.63, 3.8) is 0 Å². The second-order valence-electron chi connectivity index (χ2n) is 4.65. The zero-order chi connectivity index (χ0) is 15.0. The minimum atomic E-state index is -0.351. The van der Waals surface area contributed by atoms with E-state index in [1.807, 2.05) is 31.2 Å². The van der Waals surface area contributed by atoms with E-state index in [1.54, 1.807) is 6.07 Å². The van der Waals surface area contributed by atoms with E-state index in [0.29, 0.717) is 16.0 Å². The van der Waals surface area contributed by atoms with Crippen molar-refractivity contribution in [3.8, 4) is 0 Å². The molecule has 21 heavy (non-hydrogen) atoms. The summed E-state index contributed by atoms with van der Waals surface area (Å²) in [4.78, 5) is 8.72. The Morgan fingerprint density at radius 2 is 1.81 bits per heavy atom. The standard InChI is InChI=1S/C15H12BrFN4/c1-8-6-9(16)10(17)7-13(8)21-15-14(18)19-11-4-2-3-5-12(11)20-15/h2-7H,1H3,(H2,18,19)(H,20,21). The van der Waals surface area contributed by atoms with Crippen LogP contribution in [0.2, 0.25) is 0 Å². The number of anilines is 3. The number of nitrogens with zero attached hydrogens (tertiary/aromatic N) is 2. The fraction of sp³-hybridized carbons (Fsp3) is 0.0667. The summed E-state index contributed by atoms with van der Waals surface area (Å²) in [5, 5.41) is 3.04. The molecule has 0 atom stereocenters. The van der Waals surface area contributed by atoms with E-state index < -0.39 is 0 Å². The maximum absolute atomic E-state index is 13.7. The first-order valence-corrected chi connectivity index (χ1v) is 7.09. The number of benzene rings is 2. The predicted molar refractivity (Wildman–Crippen MR) is 86.1 cm³/mol. The van der Waals surface area contributed by atoms with Crippen LogP contribution in [0.3, 0.4) is 0 Å². The fourth-order valence-corrected chi connectivity index (χ4v) is 2.47. The van der Waals surface area contributed by atoms with Crippen LogP contribution in [0.1, 0.15) is 5.56 Å². The third-order valence-corrected chi connectivity index (χ3v) is 3.73. The van der Waals surface area contributed by atoms with Crippen LogP contribution >= 0.6 is 15.9 Å². The Labute approximate surface area is 129 Å². The summed E-state index contributed by atoms with van der Waals surface area (Å²) in [7, 11) is 0. The molecule has 3 N–H and O–H groups in total. The fourth-order valence-electron chi connectivity index (χ4n) is 2.01. The first-order chi connectivity index (χ1) is 10.0. The van der Waals surface area contributed by atoms with Gasteiger partial charge in [0, 0.05) is 5.69 Å². The van der Waals surface area contributed by atoms with Crippen molar-refractivity contribution < 1.29 is 4.39 Å². The summed E-state index contributed by atoms with van der Waals surface area (Å²) in [6.07, 6.45) is 0. The molecule has 0 aliphatic heterocycles. The smallest absolute Gasteiger partial charge is 0.174 e. The highest BCUT2D eigenvalue weighted by Gasteiger charge is 2.10. The van der Waals surface area contributed by atoms with E-state index in [9.17, 15) is 4.39 Å². The Morgan fingerprint density at radius 1 is 1.14 bits per heavy atom. The highest BCUT2D eigenvalue weighted by Crippen LogP contribution is 2.28. The zero-order valence-corrected chi connectivity index (χ0v) is 12.8. The van der Waals surface area contributed by atoms with Crippen LogP contribution in [0.4, 0.5) is 21.7 Å². The number of nitrogens with one attached hydrogen (secondary N) is 1. The molecular weight excluding hydrogens is 335 g/mol. The van der Waals surface area contributed by atoms with E-state index in [-0.39, 0.29) is 11.6 Å². The van der Waals surface area contributed by atoms with Gasteiger partial charge in [-0.05, 0) is 52.7 Å². The second kappa shape index (κ2) is 5.29. The lowest BCUT2D eigenvalue weighted by Crippen LogP contribution is -2.03. The minimum absolute atomic E-state index is 0.274. The van der Waals surface area contributed by atoms with Gasteiger partial charge in [0.2, 0.25) is 0 Å². The number of aromatic nitrogens is 2. The molecule has 0 fully saturated rings. The summed E-state index contributed by atoms with van der Waals surface area (Å²) in [6.45, 7) is 1.87.